The average Bonchev–Trinajstić information content (AvgIpc) is 2.97. The number of hydrogen-bond donors (Lipinski definition) is 2. The Labute approximate surface area is 114 Å². The Morgan fingerprint density at radius 2 is 2.26 bits per heavy atom. The molecule has 1 atom stereocenters. The highest BCUT2D eigenvalue weighted by Crippen LogP contribution is 2.38. The zero-order valence-corrected chi connectivity index (χ0v) is 11.5. The first kappa shape index (κ1) is 12.7. The number of aromatic nitrogens is 2. The molecular weight excluding hydrogens is 284 g/mol. The third-order valence-corrected chi connectivity index (χ3v) is 4.51. The summed E-state index contributed by atoms with van der Waals surface area (Å²) in [5.41, 5.74) is 4.81. The molecule has 0 amide bonds. The van der Waals surface area contributed by atoms with Crippen LogP contribution in [0.3, 0.4) is 0 Å². The highest BCUT2D eigenvalue weighted by molar-refractivity contribution is 7.87. The van der Waals surface area contributed by atoms with Crippen LogP contribution in [0.1, 0.15) is 23.6 Å². The molecule has 19 heavy (non-hydrogen) atoms. The molecule has 1 aliphatic rings. The lowest BCUT2D eigenvalue weighted by Crippen LogP contribution is -2.33. The van der Waals surface area contributed by atoms with Crippen molar-refractivity contribution < 1.29 is 8.42 Å². The van der Waals surface area contributed by atoms with Gasteiger partial charge in [-0.25, -0.2) is 5.14 Å². The fourth-order valence-electron chi connectivity index (χ4n) is 2.47. The molecule has 0 spiro atoms. The Kier molecular flexibility index (Phi) is 3.09. The summed E-state index contributed by atoms with van der Waals surface area (Å²) in [6.07, 6.45) is 1.51. The molecule has 0 radical (unpaired) electrons. The zero-order valence-electron chi connectivity index (χ0n) is 9.91. The molecule has 0 saturated heterocycles. The molecule has 3 N–H and O–H groups in total. The van der Waals surface area contributed by atoms with E-state index in [0.717, 1.165) is 28.1 Å². The number of hydrogen-bond acceptors (Lipinski definition) is 5. The van der Waals surface area contributed by atoms with Crippen LogP contribution in [0.5, 0.6) is 0 Å². The molecule has 1 aliphatic carbocycles. The fourth-order valence-corrected chi connectivity index (χ4v) is 3.71. The van der Waals surface area contributed by atoms with E-state index in [-0.39, 0.29) is 6.04 Å². The molecule has 1 aromatic carbocycles. The van der Waals surface area contributed by atoms with E-state index >= 15 is 0 Å². The zero-order chi connectivity index (χ0) is 13.5. The Hall–Kier alpha value is -1.35. The number of fused-ring (bicyclic) bond motifs is 1. The van der Waals surface area contributed by atoms with Crippen molar-refractivity contribution in [1.82, 2.24) is 14.9 Å². The topological polar surface area (TPSA) is 98.0 Å². The molecular formula is C11H12N4O2S2. The van der Waals surface area contributed by atoms with E-state index in [2.05, 4.69) is 14.9 Å². The third kappa shape index (κ3) is 2.52. The lowest BCUT2D eigenvalue weighted by Gasteiger charge is -2.12. The highest BCUT2D eigenvalue weighted by atomic mass is 32.2. The van der Waals surface area contributed by atoms with Gasteiger partial charge in [-0.3, -0.25) is 0 Å². The fraction of sp³-hybridized carbons (Fsp3) is 0.273. The monoisotopic (exact) mass is 296 g/mol. The van der Waals surface area contributed by atoms with Gasteiger partial charge in [0.25, 0.3) is 10.2 Å². The van der Waals surface area contributed by atoms with Gasteiger partial charge in [-0.2, -0.15) is 13.1 Å². The van der Waals surface area contributed by atoms with Crippen molar-refractivity contribution in [2.75, 3.05) is 0 Å². The normalized spacial score (nSPS) is 18.5. The first-order valence-electron chi connectivity index (χ1n) is 5.73. The van der Waals surface area contributed by atoms with Gasteiger partial charge in [-0.15, -0.1) is 10.2 Å². The van der Waals surface area contributed by atoms with Gasteiger partial charge in [0.05, 0.1) is 0 Å². The lowest BCUT2D eigenvalue weighted by atomic mass is 10.0. The number of rotatable bonds is 3. The van der Waals surface area contributed by atoms with Crippen molar-refractivity contribution in [3.05, 3.63) is 34.8 Å². The van der Waals surface area contributed by atoms with E-state index < -0.39 is 10.2 Å². The minimum absolute atomic E-state index is 0.252. The van der Waals surface area contributed by atoms with E-state index in [1.54, 1.807) is 5.51 Å². The summed E-state index contributed by atoms with van der Waals surface area (Å²) >= 11 is 1.47. The van der Waals surface area contributed by atoms with Crippen molar-refractivity contribution >= 4 is 21.5 Å². The van der Waals surface area contributed by atoms with Crippen LogP contribution in [-0.4, -0.2) is 18.6 Å². The summed E-state index contributed by atoms with van der Waals surface area (Å²) in [5.74, 6) is 0. The third-order valence-electron chi connectivity index (χ3n) is 3.17. The number of benzene rings is 1. The van der Waals surface area contributed by atoms with Crippen molar-refractivity contribution in [2.24, 2.45) is 5.14 Å². The molecule has 6 nitrogen and oxygen atoms in total. The average molecular weight is 296 g/mol. The summed E-state index contributed by atoms with van der Waals surface area (Å²) in [6, 6.07) is 5.56. The molecule has 100 valence electrons. The van der Waals surface area contributed by atoms with Crippen LogP contribution in [0.2, 0.25) is 0 Å². The van der Waals surface area contributed by atoms with E-state index in [9.17, 15) is 8.42 Å². The predicted molar refractivity (Wildman–Crippen MR) is 72.6 cm³/mol. The molecule has 3 rings (SSSR count). The van der Waals surface area contributed by atoms with Gasteiger partial charge in [-0.1, -0.05) is 29.5 Å². The summed E-state index contributed by atoms with van der Waals surface area (Å²) < 4.78 is 24.8. The predicted octanol–water partition coefficient (Wildman–Crippen LogP) is 0.986. The molecule has 0 fully saturated rings. The summed E-state index contributed by atoms with van der Waals surface area (Å²) in [7, 11) is -3.69. The van der Waals surface area contributed by atoms with Crippen LogP contribution in [-0.2, 0) is 16.6 Å². The molecule has 0 aliphatic heterocycles. The summed E-state index contributed by atoms with van der Waals surface area (Å²) in [6.45, 7) is 0. The van der Waals surface area contributed by atoms with E-state index in [1.165, 1.54) is 11.3 Å². The maximum absolute atomic E-state index is 11.2. The second-order valence-electron chi connectivity index (χ2n) is 4.37. The number of nitrogens with two attached hydrogens (primary N) is 1. The van der Waals surface area contributed by atoms with Crippen LogP contribution >= 0.6 is 11.3 Å². The van der Waals surface area contributed by atoms with Gasteiger partial charge >= 0.3 is 0 Å². The smallest absolute Gasteiger partial charge is 0.216 e. The lowest BCUT2D eigenvalue weighted by molar-refractivity contribution is 0.556. The highest BCUT2D eigenvalue weighted by Gasteiger charge is 2.27. The van der Waals surface area contributed by atoms with Gasteiger partial charge in [0, 0.05) is 11.6 Å². The van der Waals surface area contributed by atoms with Crippen molar-refractivity contribution in [3.8, 4) is 10.6 Å². The van der Waals surface area contributed by atoms with Crippen LogP contribution < -0.4 is 9.86 Å². The van der Waals surface area contributed by atoms with Gasteiger partial charge < -0.3 is 0 Å². The Balaban J connectivity index is 2.02. The number of nitrogens with zero attached hydrogens (tertiary/aromatic N) is 2. The van der Waals surface area contributed by atoms with Crippen molar-refractivity contribution in [1.29, 1.82) is 0 Å². The molecule has 1 unspecified atom stereocenters. The molecule has 8 heteroatoms. The van der Waals surface area contributed by atoms with E-state index in [4.69, 9.17) is 5.14 Å². The minimum atomic E-state index is -3.69. The maximum atomic E-state index is 11.2. The SMILES string of the molecule is NS(=O)(=O)NC1CCc2c(-c3nncs3)cccc21. The van der Waals surface area contributed by atoms with Crippen LogP contribution in [0.25, 0.3) is 10.6 Å². The van der Waals surface area contributed by atoms with Crippen molar-refractivity contribution in [3.63, 3.8) is 0 Å². The van der Waals surface area contributed by atoms with Crippen LogP contribution in [0.4, 0.5) is 0 Å². The molecule has 2 aromatic rings. The standard InChI is InChI=1S/C11H12N4O2S2/c12-19(16,17)15-10-5-4-7-8(10)2-1-3-9(7)11-14-13-6-18-11/h1-3,6,10,15H,4-5H2,(H2,12,16,17). The van der Waals surface area contributed by atoms with Crippen molar-refractivity contribution in [2.45, 2.75) is 18.9 Å². The van der Waals surface area contributed by atoms with Gasteiger partial charge in [0.2, 0.25) is 0 Å². The molecule has 0 saturated carbocycles. The molecule has 1 heterocycles. The maximum Gasteiger partial charge on any atom is 0.274 e. The Morgan fingerprint density at radius 3 is 2.95 bits per heavy atom. The second kappa shape index (κ2) is 4.64. The second-order valence-corrected chi connectivity index (χ2v) is 6.53. The van der Waals surface area contributed by atoms with Gasteiger partial charge in [-0.05, 0) is 24.0 Å². The first-order valence-corrected chi connectivity index (χ1v) is 8.15. The van der Waals surface area contributed by atoms with Gasteiger partial charge in [0.1, 0.15) is 10.5 Å². The number of nitrogens with one attached hydrogen (secondary N) is 1. The quantitative estimate of drug-likeness (QED) is 0.882. The summed E-state index contributed by atoms with van der Waals surface area (Å²) in [5, 5.41) is 13.8. The molecule has 0 bridgehead atoms. The van der Waals surface area contributed by atoms with Crippen LogP contribution in [0.15, 0.2) is 23.7 Å². The Bertz CT molecular complexity index is 697. The Morgan fingerprint density at radius 1 is 1.42 bits per heavy atom. The largest absolute Gasteiger partial charge is 0.274 e. The summed E-state index contributed by atoms with van der Waals surface area (Å²) in [4.78, 5) is 0. The van der Waals surface area contributed by atoms with Crippen LogP contribution in [0, 0.1) is 0 Å². The first-order chi connectivity index (χ1) is 9.04. The van der Waals surface area contributed by atoms with E-state index in [0.29, 0.717) is 6.42 Å². The molecule has 1 aromatic heterocycles. The van der Waals surface area contributed by atoms with E-state index in [1.807, 2.05) is 18.2 Å². The minimum Gasteiger partial charge on any atom is -0.216 e. The van der Waals surface area contributed by atoms with Gasteiger partial charge in [0.15, 0.2) is 0 Å².